The van der Waals surface area contributed by atoms with E-state index in [1.165, 1.54) is 6.20 Å². The van der Waals surface area contributed by atoms with Crippen molar-refractivity contribution < 1.29 is 5.11 Å². The van der Waals surface area contributed by atoms with Crippen LogP contribution in [0, 0.1) is 0 Å². The number of nitrogens with zero attached hydrogens (tertiary/aromatic N) is 3. The van der Waals surface area contributed by atoms with Crippen molar-refractivity contribution in [2.45, 2.75) is 19.4 Å². The molecule has 0 aliphatic rings. The highest BCUT2D eigenvalue weighted by Crippen LogP contribution is 2.11. The molecule has 3 N–H and O–H groups in total. The molecule has 0 fully saturated rings. The Kier molecular flexibility index (Phi) is 3.77. The molecule has 16 heavy (non-hydrogen) atoms. The van der Waals surface area contributed by atoms with Crippen LogP contribution in [0.5, 0.6) is 0 Å². The summed E-state index contributed by atoms with van der Waals surface area (Å²) < 4.78 is 0. The van der Waals surface area contributed by atoms with Crippen molar-refractivity contribution in [1.29, 1.82) is 0 Å². The summed E-state index contributed by atoms with van der Waals surface area (Å²) in [6, 6.07) is 0. The van der Waals surface area contributed by atoms with E-state index in [0.717, 1.165) is 0 Å². The number of aromatic nitrogens is 2. The molecule has 0 aromatic carbocycles. The van der Waals surface area contributed by atoms with Gasteiger partial charge in [0.05, 0.1) is 18.0 Å². The first-order valence-corrected chi connectivity index (χ1v) is 5.26. The molecule has 6 heteroatoms. The average Bonchev–Trinajstić information content (AvgIpc) is 2.15. The number of thiocarbonyl (C=S) groups is 1. The molecule has 5 nitrogen and oxygen atoms in total. The van der Waals surface area contributed by atoms with Crippen molar-refractivity contribution in [3.8, 4) is 0 Å². The van der Waals surface area contributed by atoms with Gasteiger partial charge in [0.25, 0.3) is 0 Å². The Hall–Kier alpha value is -1.27. The van der Waals surface area contributed by atoms with E-state index in [-0.39, 0.29) is 4.99 Å². The second-order valence-corrected chi connectivity index (χ2v) is 4.73. The fourth-order valence-electron chi connectivity index (χ4n) is 1.31. The van der Waals surface area contributed by atoms with Gasteiger partial charge in [-0.05, 0) is 13.8 Å². The number of hydrogen-bond donors (Lipinski definition) is 2. The van der Waals surface area contributed by atoms with Gasteiger partial charge in [-0.15, -0.1) is 0 Å². The minimum absolute atomic E-state index is 0.226. The molecule has 0 atom stereocenters. The third kappa shape index (κ3) is 3.71. The Bertz CT molecular complexity index is 371. The molecule has 0 bridgehead atoms. The van der Waals surface area contributed by atoms with Crippen LogP contribution in [0.2, 0.25) is 0 Å². The lowest BCUT2D eigenvalue weighted by Gasteiger charge is -2.26. The van der Waals surface area contributed by atoms with Gasteiger partial charge >= 0.3 is 0 Å². The number of anilines is 1. The number of nitrogens with two attached hydrogens (primary N) is 1. The fourth-order valence-corrected chi connectivity index (χ4v) is 1.41. The average molecular weight is 240 g/mol. The summed E-state index contributed by atoms with van der Waals surface area (Å²) in [5, 5.41) is 9.66. The predicted octanol–water partition coefficient (Wildman–Crippen LogP) is 0.318. The van der Waals surface area contributed by atoms with Gasteiger partial charge in [0.15, 0.2) is 0 Å². The Labute approximate surface area is 100 Å². The van der Waals surface area contributed by atoms with Gasteiger partial charge in [-0.25, -0.2) is 9.97 Å². The van der Waals surface area contributed by atoms with Gasteiger partial charge in [-0.3, -0.25) is 0 Å². The molecule has 0 amide bonds. The zero-order valence-corrected chi connectivity index (χ0v) is 10.5. The molecule has 0 spiro atoms. The van der Waals surface area contributed by atoms with E-state index in [2.05, 4.69) is 9.97 Å². The summed E-state index contributed by atoms with van der Waals surface area (Å²) >= 11 is 4.78. The number of aliphatic hydroxyl groups is 1. The molecule has 1 aromatic rings. The summed E-state index contributed by atoms with van der Waals surface area (Å²) in [4.78, 5) is 10.3. The van der Waals surface area contributed by atoms with Gasteiger partial charge < -0.3 is 15.7 Å². The number of hydrogen-bond acceptors (Lipinski definition) is 5. The van der Waals surface area contributed by atoms with Gasteiger partial charge in [0, 0.05) is 13.6 Å². The number of rotatable bonds is 4. The molecule has 1 aromatic heterocycles. The first-order valence-electron chi connectivity index (χ1n) is 4.85. The van der Waals surface area contributed by atoms with Gasteiger partial charge in [0.2, 0.25) is 0 Å². The quantitative estimate of drug-likeness (QED) is 0.738. The summed E-state index contributed by atoms with van der Waals surface area (Å²) in [6.07, 6.45) is 3.11. The fraction of sp³-hybridized carbons (Fsp3) is 0.500. The molecule has 0 radical (unpaired) electrons. The molecule has 1 rings (SSSR count). The zero-order valence-electron chi connectivity index (χ0n) is 9.64. The molecule has 0 aliphatic heterocycles. The van der Waals surface area contributed by atoms with Crippen molar-refractivity contribution in [1.82, 2.24) is 9.97 Å². The monoisotopic (exact) mass is 240 g/mol. The minimum atomic E-state index is -0.779. The van der Waals surface area contributed by atoms with Crippen LogP contribution in [0.15, 0.2) is 12.4 Å². The van der Waals surface area contributed by atoms with E-state index >= 15 is 0 Å². The molecule has 0 aliphatic carbocycles. The minimum Gasteiger partial charge on any atom is -0.389 e. The maximum Gasteiger partial charge on any atom is 0.146 e. The van der Waals surface area contributed by atoms with Gasteiger partial charge in [-0.2, -0.15) is 0 Å². The highest BCUT2D eigenvalue weighted by molar-refractivity contribution is 7.80. The Morgan fingerprint density at radius 2 is 2.12 bits per heavy atom. The second-order valence-electron chi connectivity index (χ2n) is 4.29. The maximum atomic E-state index is 9.66. The van der Waals surface area contributed by atoms with Crippen LogP contribution in [-0.4, -0.2) is 39.3 Å². The smallest absolute Gasteiger partial charge is 0.146 e. The van der Waals surface area contributed by atoms with E-state index in [9.17, 15) is 5.11 Å². The highest BCUT2D eigenvalue weighted by atomic mass is 32.1. The third-order valence-electron chi connectivity index (χ3n) is 1.91. The Morgan fingerprint density at radius 3 is 2.50 bits per heavy atom. The SMILES string of the molecule is CN(CC(C)(C)O)c1cnc(C(N)=S)cn1. The van der Waals surface area contributed by atoms with Crippen LogP contribution in [0.25, 0.3) is 0 Å². The van der Waals surface area contributed by atoms with Crippen molar-refractivity contribution >= 4 is 23.0 Å². The largest absolute Gasteiger partial charge is 0.389 e. The van der Waals surface area contributed by atoms with Gasteiger partial charge in [0.1, 0.15) is 16.5 Å². The van der Waals surface area contributed by atoms with Crippen LogP contribution in [-0.2, 0) is 0 Å². The van der Waals surface area contributed by atoms with Crippen LogP contribution in [0.1, 0.15) is 19.5 Å². The zero-order chi connectivity index (χ0) is 12.3. The summed E-state index contributed by atoms with van der Waals surface area (Å²) in [5.74, 6) is 0.669. The lowest BCUT2D eigenvalue weighted by molar-refractivity contribution is 0.0884. The molecular formula is C10H16N4OS. The lowest BCUT2D eigenvalue weighted by Crippen LogP contribution is -2.36. The van der Waals surface area contributed by atoms with E-state index in [1.54, 1.807) is 20.0 Å². The van der Waals surface area contributed by atoms with Crippen molar-refractivity contribution in [3.63, 3.8) is 0 Å². The second kappa shape index (κ2) is 4.71. The molecular weight excluding hydrogens is 224 g/mol. The molecule has 88 valence electrons. The maximum absolute atomic E-state index is 9.66. The van der Waals surface area contributed by atoms with E-state index < -0.39 is 5.60 Å². The topological polar surface area (TPSA) is 75.3 Å². The first kappa shape index (κ1) is 12.8. The van der Waals surface area contributed by atoms with Crippen molar-refractivity contribution in [2.75, 3.05) is 18.5 Å². The van der Waals surface area contributed by atoms with Crippen molar-refractivity contribution in [2.24, 2.45) is 5.73 Å². The standard InChI is InChI=1S/C10H16N4OS/c1-10(2,15)6-14(3)8-5-12-7(4-13-8)9(11)16/h4-5,15H,6H2,1-3H3,(H2,11,16). The highest BCUT2D eigenvalue weighted by Gasteiger charge is 2.16. The van der Waals surface area contributed by atoms with Crippen LogP contribution in [0.4, 0.5) is 5.82 Å². The van der Waals surface area contributed by atoms with Crippen molar-refractivity contribution in [3.05, 3.63) is 18.1 Å². The van der Waals surface area contributed by atoms with Crippen LogP contribution >= 0.6 is 12.2 Å². The molecule has 1 heterocycles. The third-order valence-corrected chi connectivity index (χ3v) is 2.12. The molecule has 0 saturated heterocycles. The van der Waals surface area contributed by atoms with Crippen LogP contribution < -0.4 is 10.6 Å². The van der Waals surface area contributed by atoms with E-state index in [0.29, 0.717) is 18.1 Å². The predicted molar refractivity (Wildman–Crippen MR) is 67.5 cm³/mol. The summed E-state index contributed by atoms with van der Waals surface area (Å²) in [7, 11) is 1.84. The van der Waals surface area contributed by atoms with Gasteiger partial charge in [-0.1, -0.05) is 12.2 Å². The normalized spacial score (nSPS) is 11.2. The first-order chi connectivity index (χ1) is 7.29. The lowest BCUT2D eigenvalue weighted by atomic mass is 10.1. The van der Waals surface area contributed by atoms with E-state index in [4.69, 9.17) is 18.0 Å². The Morgan fingerprint density at radius 1 is 1.50 bits per heavy atom. The molecule has 0 unspecified atom stereocenters. The summed E-state index contributed by atoms with van der Waals surface area (Å²) in [6.45, 7) is 3.94. The van der Waals surface area contributed by atoms with Crippen LogP contribution in [0.3, 0.4) is 0 Å². The summed E-state index contributed by atoms with van der Waals surface area (Å²) in [5.41, 5.74) is 5.13. The Balaban J connectivity index is 2.78. The molecule has 0 saturated carbocycles. The number of likely N-dealkylation sites (N-methyl/N-ethyl adjacent to an activating group) is 1. The van der Waals surface area contributed by atoms with E-state index in [1.807, 2.05) is 11.9 Å².